The van der Waals surface area contributed by atoms with Crippen LogP contribution in [0.25, 0.3) is 0 Å². The van der Waals surface area contributed by atoms with E-state index < -0.39 is 4.71 Å². The molecular formula is C2H2Cl2F2S. The number of hydrogen-bond donors (Lipinski definition) is 0. The van der Waals surface area contributed by atoms with Crippen LogP contribution in [-0.2, 0) is 0 Å². The summed E-state index contributed by atoms with van der Waals surface area (Å²) in [6.45, 7) is 0. The second-order valence-corrected chi connectivity index (χ2v) is 3.07. The van der Waals surface area contributed by atoms with Gasteiger partial charge < -0.3 is 0 Å². The first-order valence-electron chi connectivity index (χ1n) is 1.33. The molecule has 0 fully saturated rings. The third-order valence-corrected chi connectivity index (χ3v) is 1.31. The molecule has 0 N–H and O–H groups in total. The van der Waals surface area contributed by atoms with E-state index in [9.17, 15) is 8.78 Å². The third kappa shape index (κ3) is 6.79. The van der Waals surface area contributed by atoms with E-state index in [2.05, 4.69) is 11.6 Å². The Kier molecular flexibility index (Phi) is 3.28. The van der Waals surface area contributed by atoms with Crippen molar-refractivity contribution in [2.45, 2.75) is 4.71 Å². The highest BCUT2D eigenvalue weighted by molar-refractivity contribution is 8.02. The summed E-state index contributed by atoms with van der Waals surface area (Å²) < 4.78 is 19.5. The molecule has 0 amide bonds. The van der Waals surface area contributed by atoms with Crippen molar-refractivity contribution in [3.05, 3.63) is 0 Å². The van der Waals surface area contributed by atoms with Gasteiger partial charge in [0.05, 0.1) is 5.21 Å². The Labute approximate surface area is 54.2 Å². The van der Waals surface area contributed by atoms with Crippen molar-refractivity contribution in [3.63, 3.8) is 0 Å². The van der Waals surface area contributed by atoms with Gasteiger partial charge in [0, 0.05) is 0 Å². The lowest BCUT2D eigenvalue weighted by molar-refractivity contribution is 0.203. The van der Waals surface area contributed by atoms with Crippen molar-refractivity contribution in [2.24, 2.45) is 0 Å². The van der Waals surface area contributed by atoms with E-state index in [4.69, 9.17) is 11.6 Å². The molecule has 0 saturated heterocycles. The molecule has 7 heavy (non-hydrogen) atoms. The van der Waals surface area contributed by atoms with Gasteiger partial charge in [0.1, 0.15) is 0 Å². The SMILES string of the molecule is FC(F)(Cl)SCCl. The van der Waals surface area contributed by atoms with Gasteiger partial charge in [-0.2, -0.15) is 8.78 Å². The first-order chi connectivity index (χ1) is 3.06. The zero-order valence-electron chi connectivity index (χ0n) is 3.13. The minimum absolute atomic E-state index is 0.184. The van der Waals surface area contributed by atoms with E-state index >= 15 is 0 Å². The first kappa shape index (κ1) is 7.79. The molecule has 0 bridgehead atoms. The number of hydrogen-bond acceptors (Lipinski definition) is 1. The Morgan fingerprint density at radius 1 is 1.57 bits per heavy atom. The smallest absolute Gasteiger partial charge is 0.177 e. The first-order valence-corrected chi connectivity index (χ1v) is 3.23. The van der Waals surface area contributed by atoms with Crippen molar-refractivity contribution < 1.29 is 8.78 Å². The maximum absolute atomic E-state index is 11.4. The van der Waals surface area contributed by atoms with E-state index in [0.29, 0.717) is 0 Å². The third-order valence-electron chi connectivity index (χ3n) is 0.218. The Morgan fingerprint density at radius 2 is 2.00 bits per heavy atom. The van der Waals surface area contributed by atoms with Gasteiger partial charge in [-0.25, -0.2) is 0 Å². The Bertz CT molecular complexity index is 52.1. The summed E-state index contributed by atoms with van der Waals surface area (Å²) in [5.41, 5.74) is 0. The monoisotopic (exact) mass is 166 g/mol. The molecule has 0 aromatic heterocycles. The lowest BCUT2D eigenvalue weighted by Gasteiger charge is -2.00. The molecule has 0 aromatic rings. The molecule has 0 aliphatic heterocycles. The Morgan fingerprint density at radius 3 is 2.00 bits per heavy atom. The van der Waals surface area contributed by atoms with E-state index in [0.717, 1.165) is 0 Å². The summed E-state index contributed by atoms with van der Waals surface area (Å²) in [6.07, 6.45) is 0. The van der Waals surface area contributed by atoms with Crippen LogP contribution in [0.4, 0.5) is 8.78 Å². The van der Waals surface area contributed by atoms with E-state index in [1.807, 2.05) is 0 Å². The highest BCUT2D eigenvalue weighted by atomic mass is 35.5. The molecular weight excluding hydrogens is 165 g/mol. The van der Waals surface area contributed by atoms with Crippen LogP contribution in [-0.4, -0.2) is 9.93 Å². The predicted molar refractivity (Wildman–Crippen MR) is 29.1 cm³/mol. The largest absolute Gasteiger partial charge is 0.372 e. The minimum atomic E-state index is -3.19. The second-order valence-electron chi connectivity index (χ2n) is 0.699. The zero-order chi connectivity index (χ0) is 5.91. The molecule has 0 aliphatic rings. The number of thioether (sulfide) groups is 1. The fraction of sp³-hybridized carbons (Fsp3) is 1.00. The van der Waals surface area contributed by atoms with Crippen LogP contribution in [0.5, 0.6) is 0 Å². The molecule has 0 rings (SSSR count). The minimum Gasteiger partial charge on any atom is -0.177 e. The van der Waals surface area contributed by atoms with Gasteiger partial charge in [-0.05, 0) is 11.6 Å². The van der Waals surface area contributed by atoms with Crippen molar-refractivity contribution in [2.75, 3.05) is 5.21 Å². The van der Waals surface area contributed by atoms with Gasteiger partial charge in [0.2, 0.25) is 0 Å². The maximum Gasteiger partial charge on any atom is 0.372 e. The van der Waals surface area contributed by atoms with Gasteiger partial charge in [-0.3, -0.25) is 0 Å². The van der Waals surface area contributed by atoms with Gasteiger partial charge >= 0.3 is 4.71 Å². The van der Waals surface area contributed by atoms with Crippen LogP contribution < -0.4 is 0 Å². The molecule has 5 heteroatoms. The molecule has 0 heterocycles. The molecule has 0 atom stereocenters. The Balaban J connectivity index is 3.15. The van der Waals surface area contributed by atoms with E-state index in [-0.39, 0.29) is 17.0 Å². The normalized spacial score (nSPS) is 12.0. The fourth-order valence-electron chi connectivity index (χ4n) is 0.0619. The van der Waals surface area contributed by atoms with Crippen LogP contribution in [0.2, 0.25) is 0 Å². The van der Waals surface area contributed by atoms with Crippen molar-refractivity contribution >= 4 is 35.0 Å². The van der Waals surface area contributed by atoms with Crippen LogP contribution in [0.3, 0.4) is 0 Å². The van der Waals surface area contributed by atoms with Gasteiger partial charge in [0.15, 0.2) is 0 Å². The molecule has 0 radical (unpaired) electrons. The Hall–Kier alpha value is 0.790. The quantitative estimate of drug-likeness (QED) is 0.569. The van der Waals surface area contributed by atoms with Crippen LogP contribution in [0.15, 0.2) is 0 Å². The van der Waals surface area contributed by atoms with E-state index in [1.165, 1.54) is 0 Å². The average molecular weight is 167 g/mol. The molecule has 44 valence electrons. The van der Waals surface area contributed by atoms with Crippen LogP contribution in [0, 0.1) is 0 Å². The molecule has 0 nitrogen and oxygen atoms in total. The summed E-state index contributed by atoms with van der Waals surface area (Å²) in [5, 5.41) is -0.184. The number of rotatable bonds is 2. The lowest BCUT2D eigenvalue weighted by atomic mass is 11.6. The molecule has 0 unspecified atom stereocenters. The van der Waals surface area contributed by atoms with Gasteiger partial charge in [-0.15, -0.1) is 11.6 Å². The van der Waals surface area contributed by atoms with Gasteiger partial charge in [0.25, 0.3) is 0 Å². The fourth-order valence-corrected chi connectivity index (χ4v) is 0.928. The summed E-state index contributed by atoms with van der Waals surface area (Å²) in [5.74, 6) is 0. The molecule has 0 saturated carbocycles. The summed E-state index contributed by atoms with van der Waals surface area (Å²) in [7, 11) is 0. The van der Waals surface area contributed by atoms with Gasteiger partial charge in [-0.1, -0.05) is 11.8 Å². The highest BCUT2D eigenvalue weighted by Gasteiger charge is 2.23. The average Bonchev–Trinajstić information content (AvgIpc) is 1.30. The summed E-state index contributed by atoms with van der Waals surface area (Å²) in [6, 6.07) is 0. The molecule has 0 aromatic carbocycles. The summed E-state index contributed by atoms with van der Waals surface area (Å²) >= 11 is 9.45. The number of alkyl halides is 4. The zero-order valence-corrected chi connectivity index (χ0v) is 5.46. The maximum atomic E-state index is 11.4. The lowest BCUT2D eigenvalue weighted by Crippen LogP contribution is -1.96. The molecule has 0 spiro atoms. The van der Waals surface area contributed by atoms with Crippen LogP contribution in [0.1, 0.15) is 0 Å². The second kappa shape index (κ2) is 2.95. The van der Waals surface area contributed by atoms with Crippen LogP contribution >= 0.6 is 35.0 Å². The standard InChI is InChI=1S/C2H2Cl2F2S/c3-1-7-2(4,5)6/h1H2. The van der Waals surface area contributed by atoms with Crippen molar-refractivity contribution in [1.82, 2.24) is 0 Å². The molecule has 0 aliphatic carbocycles. The summed E-state index contributed by atoms with van der Waals surface area (Å²) in [4.78, 5) is 0. The topological polar surface area (TPSA) is 0 Å². The predicted octanol–water partition coefficient (Wildman–Crippen LogP) is 2.71. The van der Waals surface area contributed by atoms with Crippen molar-refractivity contribution in [1.29, 1.82) is 0 Å². The van der Waals surface area contributed by atoms with Crippen molar-refractivity contribution in [3.8, 4) is 0 Å². The highest BCUT2D eigenvalue weighted by Crippen LogP contribution is 2.33. The number of halogens is 4. The van der Waals surface area contributed by atoms with E-state index in [1.54, 1.807) is 0 Å².